The molecule has 3 N–H and O–H groups in total. The minimum Gasteiger partial charge on any atom is -0.464 e. The van der Waals surface area contributed by atoms with Crippen molar-refractivity contribution in [1.29, 1.82) is 0 Å². The fraction of sp³-hybridized carbons (Fsp3) is 0.333. The number of rotatable bonds is 5. The third-order valence-corrected chi connectivity index (χ3v) is 3.13. The zero-order chi connectivity index (χ0) is 18.3. The molecule has 0 saturated heterocycles. The smallest absolute Gasteiger partial charge is 0.431 e. The minimum absolute atomic E-state index is 0.244. The van der Waals surface area contributed by atoms with Crippen LogP contribution in [0.4, 0.5) is 9.59 Å². The summed E-state index contributed by atoms with van der Waals surface area (Å²) in [6, 6.07) is 9.74. The number of nitrogens with one attached hydrogen (secondary N) is 1. The summed E-state index contributed by atoms with van der Waals surface area (Å²) in [7, 11) is 0. The number of benzene rings is 1. The van der Waals surface area contributed by atoms with E-state index in [0.29, 0.717) is 23.4 Å². The van der Waals surface area contributed by atoms with Crippen LogP contribution in [0.25, 0.3) is 0 Å². The Balaban J connectivity index is 3.04. The van der Waals surface area contributed by atoms with Gasteiger partial charge in [-0.1, -0.05) is 63.8 Å². The number of nitrogens with zero attached hydrogens (tertiary/aromatic N) is 1. The highest BCUT2D eigenvalue weighted by Gasteiger charge is 2.23. The standard InChI is InChI=1S/C18H24N2O4/c1-13(10-11-14-8-6-5-7-9-14)15(12-18(2,3)4)20(17(23)24)19-16(21)22/h5-9,12,19H,1,10-11H2,2-4H3,(H,21,22)(H,23,24)/b15-12-. The molecule has 24 heavy (non-hydrogen) atoms. The molecule has 0 spiro atoms. The first kappa shape index (κ1) is 19.3. The molecule has 6 heteroatoms. The van der Waals surface area contributed by atoms with Gasteiger partial charge >= 0.3 is 12.2 Å². The Morgan fingerprint density at radius 2 is 1.79 bits per heavy atom. The molecular formula is C18H24N2O4. The predicted octanol–water partition coefficient (Wildman–Crippen LogP) is 4.27. The Bertz CT molecular complexity index is 630. The van der Waals surface area contributed by atoms with Crippen molar-refractivity contribution in [1.82, 2.24) is 10.4 Å². The molecule has 0 fully saturated rings. The monoisotopic (exact) mass is 332 g/mol. The largest absolute Gasteiger partial charge is 0.464 e. The van der Waals surface area contributed by atoms with Gasteiger partial charge in [0.05, 0.1) is 5.70 Å². The van der Waals surface area contributed by atoms with E-state index in [4.69, 9.17) is 5.11 Å². The molecule has 0 aliphatic rings. The summed E-state index contributed by atoms with van der Waals surface area (Å²) in [6.07, 6.45) is 0.0325. The zero-order valence-electron chi connectivity index (χ0n) is 14.2. The molecule has 0 heterocycles. The Morgan fingerprint density at radius 3 is 2.25 bits per heavy atom. The van der Waals surface area contributed by atoms with Crippen LogP contribution in [-0.4, -0.2) is 27.4 Å². The Morgan fingerprint density at radius 1 is 1.21 bits per heavy atom. The SMILES string of the molecule is C=C(CCc1ccccc1)/C(=C/C(C)(C)C)N(NC(=O)O)C(=O)O. The zero-order valence-corrected chi connectivity index (χ0v) is 14.2. The topological polar surface area (TPSA) is 89.9 Å². The minimum atomic E-state index is -1.45. The quantitative estimate of drug-likeness (QED) is 0.555. The van der Waals surface area contributed by atoms with Crippen LogP contribution in [0.2, 0.25) is 0 Å². The van der Waals surface area contributed by atoms with Gasteiger partial charge in [0.25, 0.3) is 0 Å². The van der Waals surface area contributed by atoms with Crippen molar-refractivity contribution in [3.63, 3.8) is 0 Å². The van der Waals surface area contributed by atoms with Crippen LogP contribution in [0.1, 0.15) is 32.8 Å². The van der Waals surface area contributed by atoms with Gasteiger partial charge in [0.2, 0.25) is 0 Å². The fourth-order valence-electron chi connectivity index (χ4n) is 2.11. The van der Waals surface area contributed by atoms with Gasteiger partial charge in [-0.25, -0.2) is 15.0 Å². The highest BCUT2D eigenvalue weighted by Crippen LogP contribution is 2.25. The summed E-state index contributed by atoms with van der Waals surface area (Å²) in [4.78, 5) is 22.4. The van der Waals surface area contributed by atoms with E-state index >= 15 is 0 Å². The first-order valence-electron chi connectivity index (χ1n) is 7.57. The maximum Gasteiger partial charge on any atom is 0.431 e. The molecule has 130 valence electrons. The molecule has 2 amide bonds. The summed E-state index contributed by atoms with van der Waals surface area (Å²) in [6.45, 7) is 9.66. The molecule has 0 aromatic heterocycles. The van der Waals surface area contributed by atoms with Crippen molar-refractivity contribution in [2.45, 2.75) is 33.6 Å². The van der Waals surface area contributed by atoms with Crippen LogP contribution in [0, 0.1) is 5.41 Å². The Labute approximate surface area is 142 Å². The first-order valence-corrected chi connectivity index (χ1v) is 7.57. The van der Waals surface area contributed by atoms with E-state index in [2.05, 4.69) is 6.58 Å². The maximum atomic E-state index is 11.5. The molecule has 0 saturated carbocycles. The lowest BCUT2D eigenvalue weighted by Crippen LogP contribution is -2.44. The number of allylic oxidation sites excluding steroid dienone is 2. The predicted molar refractivity (Wildman–Crippen MR) is 92.5 cm³/mol. The summed E-state index contributed by atoms with van der Waals surface area (Å²) in [5.74, 6) is 0. The van der Waals surface area contributed by atoms with E-state index in [9.17, 15) is 14.7 Å². The lowest BCUT2D eigenvalue weighted by atomic mass is 9.92. The second-order valence-corrected chi connectivity index (χ2v) is 6.52. The van der Waals surface area contributed by atoms with Crippen molar-refractivity contribution >= 4 is 12.2 Å². The van der Waals surface area contributed by atoms with Crippen LogP contribution in [0.5, 0.6) is 0 Å². The number of amides is 2. The van der Waals surface area contributed by atoms with Crippen LogP contribution in [0.15, 0.2) is 54.3 Å². The summed E-state index contributed by atoms with van der Waals surface area (Å²) >= 11 is 0. The number of hydrogen-bond acceptors (Lipinski definition) is 2. The number of carbonyl (C=O) groups is 2. The lowest BCUT2D eigenvalue weighted by molar-refractivity contribution is 0.126. The molecular weight excluding hydrogens is 308 g/mol. The van der Waals surface area contributed by atoms with Gasteiger partial charge in [0, 0.05) is 0 Å². The molecule has 6 nitrogen and oxygen atoms in total. The van der Waals surface area contributed by atoms with Gasteiger partial charge in [-0.15, -0.1) is 0 Å². The van der Waals surface area contributed by atoms with Crippen LogP contribution in [-0.2, 0) is 6.42 Å². The Kier molecular flexibility index (Phi) is 6.58. The molecule has 0 atom stereocenters. The van der Waals surface area contributed by atoms with Gasteiger partial charge in [0.15, 0.2) is 0 Å². The number of hydrazine groups is 1. The number of aryl methyl sites for hydroxylation is 1. The molecule has 1 aromatic rings. The number of hydrogen-bond donors (Lipinski definition) is 3. The van der Waals surface area contributed by atoms with Crippen LogP contribution in [0.3, 0.4) is 0 Å². The second kappa shape index (κ2) is 8.19. The van der Waals surface area contributed by atoms with Crippen molar-refractivity contribution < 1.29 is 19.8 Å². The molecule has 0 unspecified atom stereocenters. The molecule has 1 aromatic carbocycles. The van der Waals surface area contributed by atoms with Crippen LogP contribution >= 0.6 is 0 Å². The maximum absolute atomic E-state index is 11.5. The lowest BCUT2D eigenvalue weighted by Gasteiger charge is -2.26. The third-order valence-electron chi connectivity index (χ3n) is 3.13. The van der Waals surface area contributed by atoms with Gasteiger partial charge < -0.3 is 10.2 Å². The van der Waals surface area contributed by atoms with Crippen molar-refractivity contribution in [2.75, 3.05) is 0 Å². The average molecular weight is 332 g/mol. The second-order valence-electron chi connectivity index (χ2n) is 6.52. The van der Waals surface area contributed by atoms with E-state index in [1.165, 1.54) is 0 Å². The van der Waals surface area contributed by atoms with E-state index in [1.54, 1.807) is 6.08 Å². The number of carboxylic acid groups (broad SMARTS) is 2. The van der Waals surface area contributed by atoms with Gasteiger partial charge in [-0.05, 0) is 29.4 Å². The molecule has 0 bridgehead atoms. The fourth-order valence-corrected chi connectivity index (χ4v) is 2.11. The van der Waals surface area contributed by atoms with Crippen molar-refractivity contribution in [3.8, 4) is 0 Å². The van der Waals surface area contributed by atoms with E-state index in [1.807, 2.05) is 56.5 Å². The van der Waals surface area contributed by atoms with Crippen molar-refractivity contribution in [2.24, 2.45) is 5.41 Å². The third kappa shape index (κ3) is 6.56. The average Bonchev–Trinajstić information content (AvgIpc) is 2.48. The normalized spacial score (nSPS) is 11.7. The van der Waals surface area contributed by atoms with E-state index < -0.39 is 12.2 Å². The summed E-state index contributed by atoms with van der Waals surface area (Å²) in [5, 5.41) is 18.8. The summed E-state index contributed by atoms with van der Waals surface area (Å²) in [5.41, 5.74) is 3.44. The highest BCUT2D eigenvalue weighted by atomic mass is 16.4. The van der Waals surface area contributed by atoms with Crippen LogP contribution < -0.4 is 5.43 Å². The van der Waals surface area contributed by atoms with Gasteiger partial charge in [-0.2, -0.15) is 5.01 Å². The highest BCUT2D eigenvalue weighted by molar-refractivity contribution is 5.74. The van der Waals surface area contributed by atoms with Gasteiger partial charge in [-0.3, -0.25) is 0 Å². The van der Waals surface area contributed by atoms with Gasteiger partial charge in [0.1, 0.15) is 0 Å². The van der Waals surface area contributed by atoms with E-state index in [-0.39, 0.29) is 11.1 Å². The Hall–Kier alpha value is -2.76. The first-order chi connectivity index (χ1) is 11.1. The molecule has 0 aliphatic carbocycles. The molecule has 0 aliphatic heterocycles. The van der Waals surface area contributed by atoms with E-state index in [0.717, 1.165) is 5.56 Å². The molecule has 1 rings (SSSR count). The molecule has 0 radical (unpaired) electrons. The van der Waals surface area contributed by atoms with Crippen molar-refractivity contribution in [3.05, 3.63) is 59.8 Å². The summed E-state index contributed by atoms with van der Waals surface area (Å²) < 4.78 is 0.